The maximum absolute atomic E-state index is 9.25. The van der Waals surface area contributed by atoms with E-state index in [0.717, 1.165) is 12.1 Å². The van der Waals surface area contributed by atoms with Crippen LogP contribution in [0.25, 0.3) is 0 Å². The number of aliphatic hydroxyl groups excluding tert-OH is 1. The van der Waals surface area contributed by atoms with E-state index in [1.54, 1.807) is 21.1 Å². The van der Waals surface area contributed by atoms with E-state index in [4.69, 9.17) is 14.2 Å². The van der Waals surface area contributed by atoms with Gasteiger partial charge in [-0.25, -0.2) is 0 Å². The highest BCUT2D eigenvalue weighted by molar-refractivity contribution is 5.53. The van der Waals surface area contributed by atoms with E-state index in [-0.39, 0.29) is 6.10 Å². The minimum absolute atomic E-state index is 0.388. The second kappa shape index (κ2) is 7.86. The van der Waals surface area contributed by atoms with E-state index in [0.29, 0.717) is 30.3 Å². The van der Waals surface area contributed by atoms with Crippen molar-refractivity contribution < 1.29 is 19.3 Å². The molecule has 0 spiro atoms. The highest BCUT2D eigenvalue weighted by atomic mass is 16.5. The Morgan fingerprint density at radius 3 is 2.21 bits per heavy atom. The van der Waals surface area contributed by atoms with Crippen LogP contribution in [0.3, 0.4) is 0 Å². The summed E-state index contributed by atoms with van der Waals surface area (Å²) < 4.78 is 16.3. The number of ether oxygens (including phenoxy) is 3. The summed E-state index contributed by atoms with van der Waals surface area (Å²) in [6, 6.07) is 3.83. The first-order chi connectivity index (χ1) is 9.12. The minimum Gasteiger partial charge on any atom is -0.493 e. The lowest BCUT2D eigenvalue weighted by atomic mass is 10.2. The van der Waals surface area contributed by atoms with Gasteiger partial charge >= 0.3 is 0 Å². The first-order valence-corrected chi connectivity index (χ1v) is 6.32. The average molecular weight is 269 g/mol. The van der Waals surface area contributed by atoms with Crippen molar-refractivity contribution in [1.82, 2.24) is 5.32 Å². The fourth-order valence-corrected chi connectivity index (χ4v) is 1.71. The van der Waals surface area contributed by atoms with Crippen LogP contribution < -0.4 is 19.5 Å². The molecule has 0 saturated heterocycles. The summed E-state index contributed by atoms with van der Waals surface area (Å²) in [6.45, 7) is 2.87. The first-order valence-electron chi connectivity index (χ1n) is 6.32. The van der Waals surface area contributed by atoms with Crippen LogP contribution in [-0.2, 0) is 6.54 Å². The van der Waals surface area contributed by atoms with Gasteiger partial charge < -0.3 is 24.6 Å². The number of hydrogen-bond donors (Lipinski definition) is 2. The fraction of sp³-hybridized carbons (Fsp3) is 0.571. The summed E-state index contributed by atoms with van der Waals surface area (Å²) in [5.74, 6) is 1.84. The highest BCUT2D eigenvalue weighted by Gasteiger charge is 2.14. The molecule has 0 heterocycles. The molecule has 108 valence electrons. The van der Waals surface area contributed by atoms with Gasteiger partial charge in [-0.3, -0.25) is 0 Å². The molecule has 5 nitrogen and oxygen atoms in total. The Bertz CT molecular complexity index is 368. The molecule has 0 fully saturated rings. The normalized spacial score (nSPS) is 12.1. The van der Waals surface area contributed by atoms with E-state index in [2.05, 4.69) is 5.32 Å². The molecule has 0 bridgehead atoms. The first kappa shape index (κ1) is 15.6. The Labute approximate surface area is 114 Å². The molecule has 1 aromatic rings. The molecule has 5 heteroatoms. The summed E-state index contributed by atoms with van der Waals surface area (Å²) in [4.78, 5) is 0. The van der Waals surface area contributed by atoms with Gasteiger partial charge in [0.15, 0.2) is 11.5 Å². The maximum atomic E-state index is 9.25. The van der Waals surface area contributed by atoms with E-state index in [1.807, 2.05) is 19.2 Å². The van der Waals surface area contributed by atoms with Crippen LogP contribution >= 0.6 is 0 Å². The molecule has 2 N–H and O–H groups in total. The molecule has 1 aromatic carbocycles. The SMILES string of the molecule is CNCc1cc(OC)c(OCCC(C)O)c(OC)c1. The molecular formula is C14H23NO4. The van der Waals surface area contributed by atoms with Gasteiger partial charge in [-0.1, -0.05) is 0 Å². The number of methoxy groups -OCH3 is 2. The smallest absolute Gasteiger partial charge is 0.203 e. The molecule has 0 radical (unpaired) electrons. The second-order valence-corrected chi connectivity index (χ2v) is 4.35. The summed E-state index contributed by atoms with van der Waals surface area (Å²) in [5, 5.41) is 12.3. The molecular weight excluding hydrogens is 246 g/mol. The Kier molecular flexibility index (Phi) is 6.45. The van der Waals surface area contributed by atoms with Crippen LogP contribution in [0.15, 0.2) is 12.1 Å². The topological polar surface area (TPSA) is 60.0 Å². The molecule has 0 amide bonds. The number of hydrogen-bond acceptors (Lipinski definition) is 5. The zero-order chi connectivity index (χ0) is 14.3. The van der Waals surface area contributed by atoms with Crippen LogP contribution in [0.1, 0.15) is 18.9 Å². The van der Waals surface area contributed by atoms with E-state index in [9.17, 15) is 5.11 Å². The number of rotatable bonds is 8. The van der Waals surface area contributed by atoms with Crippen LogP contribution in [0, 0.1) is 0 Å². The molecule has 19 heavy (non-hydrogen) atoms. The van der Waals surface area contributed by atoms with E-state index in [1.165, 1.54) is 0 Å². The van der Waals surface area contributed by atoms with Crippen molar-refractivity contribution in [2.75, 3.05) is 27.9 Å². The van der Waals surface area contributed by atoms with Gasteiger partial charge in [0.2, 0.25) is 5.75 Å². The monoisotopic (exact) mass is 269 g/mol. The summed E-state index contributed by atoms with van der Waals surface area (Å²) in [7, 11) is 5.07. The third-order valence-corrected chi connectivity index (χ3v) is 2.68. The molecule has 0 aliphatic rings. The minimum atomic E-state index is -0.388. The van der Waals surface area contributed by atoms with Crippen LogP contribution in [0.4, 0.5) is 0 Å². The zero-order valence-corrected chi connectivity index (χ0v) is 12.0. The lowest BCUT2D eigenvalue weighted by molar-refractivity contribution is 0.152. The number of nitrogens with one attached hydrogen (secondary N) is 1. The third kappa shape index (κ3) is 4.61. The Morgan fingerprint density at radius 2 is 1.79 bits per heavy atom. The summed E-state index contributed by atoms with van der Waals surface area (Å²) in [5.41, 5.74) is 1.05. The van der Waals surface area contributed by atoms with Gasteiger partial charge in [0.25, 0.3) is 0 Å². The standard InChI is InChI=1S/C14H23NO4/c1-10(16)5-6-19-14-12(17-3)7-11(9-15-2)8-13(14)18-4/h7-8,10,15-16H,5-6,9H2,1-4H3. The Morgan fingerprint density at radius 1 is 1.21 bits per heavy atom. The lowest BCUT2D eigenvalue weighted by Crippen LogP contribution is -2.10. The molecule has 0 aliphatic heterocycles. The van der Waals surface area contributed by atoms with Crippen molar-refractivity contribution in [3.05, 3.63) is 17.7 Å². The largest absolute Gasteiger partial charge is 0.493 e. The maximum Gasteiger partial charge on any atom is 0.203 e. The molecule has 1 rings (SSSR count). The van der Waals surface area contributed by atoms with Crippen LogP contribution in [-0.4, -0.2) is 39.1 Å². The Hall–Kier alpha value is -1.46. The van der Waals surface area contributed by atoms with Gasteiger partial charge in [-0.2, -0.15) is 0 Å². The predicted molar refractivity (Wildman–Crippen MR) is 74.1 cm³/mol. The van der Waals surface area contributed by atoms with Gasteiger partial charge in [0, 0.05) is 13.0 Å². The van der Waals surface area contributed by atoms with Crippen molar-refractivity contribution in [2.45, 2.75) is 26.0 Å². The van der Waals surface area contributed by atoms with E-state index >= 15 is 0 Å². The van der Waals surface area contributed by atoms with Gasteiger partial charge in [0.1, 0.15) is 0 Å². The van der Waals surface area contributed by atoms with Gasteiger partial charge in [-0.05, 0) is 31.7 Å². The van der Waals surface area contributed by atoms with Crippen LogP contribution in [0.5, 0.6) is 17.2 Å². The second-order valence-electron chi connectivity index (χ2n) is 4.35. The number of benzene rings is 1. The van der Waals surface area contributed by atoms with Gasteiger partial charge in [0.05, 0.1) is 26.9 Å². The highest BCUT2D eigenvalue weighted by Crippen LogP contribution is 2.38. The van der Waals surface area contributed by atoms with Crippen LogP contribution in [0.2, 0.25) is 0 Å². The van der Waals surface area contributed by atoms with Crippen molar-refractivity contribution in [3.8, 4) is 17.2 Å². The van der Waals surface area contributed by atoms with Crippen molar-refractivity contribution in [3.63, 3.8) is 0 Å². The Balaban J connectivity index is 2.92. The quantitative estimate of drug-likeness (QED) is 0.750. The molecule has 0 saturated carbocycles. The fourth-order valence-electron chi connectivity index (χ4n) is 1.71. The van der Waals surface area contributed by atoms with Crippen molar-refractivity contribution in [2.24, 2.45) is 0 Å². The van der Waals surface area contributed by atoms with E-state index < -0.39 is 0 Å². The molecule has 0 aliphatic carbocycles. The van der Waals surface area contributed by atoms with Gasteiger partial charge in [-0.15, -0.1) is 0 Å². The van der Waals surface area contributed by atoms with Crippen molar-refractivity contribution in [1.29, 1.82) is 0 Å². The summed E-state index contributed by atoms with van der Waals surface area (Å²) >= 11 is 0. The van der Waals surface area contributed by atoms with Crippen molar-refractivity contribution >= 4 is 0 Å². The summed E-state index contributed by atoms with van der Waals surface area (Å²) in [6.07, 6.45) is 0.172. The number of aliphatic hydroxyl groups is 1. The molecule has 1 atom stereocenters. The molecule has 0 aromatic heterocycles. The average Bonchev–Trinajstić information content (AvgIpc) is 2.39. The predicted octanol–water partition coefficient (Wildman–Crippen LogP) is 1.57. The third-order valence-electron chi connectivity index (χ3n) is 2.68. The lowest BCUT2D eigenvalue weighted by Gasteiger charge is -2.16. The molecule has 1 unspecified atom stereocenters. The zero-order valence-electron chi connectivity index (χ0n) is 12.0.